The van der Waals surface area contributed by atoms with Crippen LogP contribution in [-0.2, 0) is 14.6 Å². The van der Waals surface area contributed by atoms with Crippen molar-refractivity contribution < 1.29 is 23.2 Å². The fourth-order valence-corrected chi connectivity index (χ4v) is 1.94. The highest BCUT2D eigenvalue weighted by Crippen LogP contribution is 2.27. The first kappa shape index (κ1) is 13.8. The number of benzene rings is 1. The van der Waals surface area contributed by atoms with Crippen molar-refractivity contribution in [3.8, 4) is 0 Å². The molecule has 0 saturated carbocycles. The summed E-state index contributed by atoms with van der Waals surface area (Å²) in [5, 5.41) is 19.6. The lowest BCUT2D eigenvalue weighted by Gasteiger charge is -2.03. The van der Waals surface area contributed by atoms with Gasteiger partial charge in [0.15, 0.2) is 16.1 Å². The topological polar surface area (TPSA) is 115 Å². The van der Waals surface area contributed by atoms with Crippen LogP contribution < -0.4 is 0 Å². The molecule has 0 bridgehead atoms. The van der Waals surface area contributed by atoms with Crippen molar-refractivity contribution in [2.75, 3.05) is 6.26 Å². The van der Waals surface area contributed by atoms with Gasteiger partial charge in [0.2, 0.25) is 0 Å². The van der Waals surface area contributed by atoms with Crippen molar-refractivity contribution in [3.05, 3.63) is 40.1 Å². The Hall–Kier alpha value is -2.22. The second-order valence-corrected chi connectivity index (χ2v) is 5.43. The van der Waals surface area contributed by atoms with Gasteiger partial charge in [-0.15, -0.1) is 0 Å². The molecule has 1 N–H and O–H groups in total. The zero-order chi connectivity index (χ0) is 13.9. The van der Waals surface area contributed by atoms with Gasteiger partial charge in [0.25, 0.3) is 5.69 Å². The van der Waals surface area contributed by atoms with Crippen molar-refractivity contribution in [3.63, 3.8) is 0 Å². The summed E-state index contributed by atoms with van der Waals surface area (Å²) < 4.78 is 22.5. The Morgan fingerprint density at radius 1 is 1.44 bits per heavy atom. The third-order valence-corrected chi connectivity index (χ3v) is 3.28. The number of nitro groups is 1. The highest BCUT2D eigenvalue weighted by atomic mass is 32.2. The van der Waals surface area contributed by atoms with Crippen LogP contribution >= 0.6 is 0 Å². The first-order valence-corrected chi connectivity index (χ1v) is 6.49. The molecule has 96 valence electrons. The maximum absolute atomic E-state index is 11.3. The van der Waals surface area contributed by atoms with E-state index in [1.165, 1.54) is 0 Å². The minimum absolute atomic E-state index is 0.148. The second kappa shape index (κ2) is 4.96. The molecule has 0 unspecified atom stereocenters. The number of nitrogens with zero attached hydrogens (tertiary/aromatic N) is 1. The highest BCUT2D eigenvalue weighted by molar-refractivity contribution is 7.90. The Bertz CT molecular complexity index is 632. The Labute approximate surface area is 102 Å². The van der Waals surface area contributed by atoms with Crippen LogP contribution in [-0.4, -0.2) is 31.0 Å². The number of aldehydes is 1. The first-order chi connectivity index (χ1) is 8.31. The lowest BCUT2D eigenvalue weighted by Crippen LogP contribution is -2.02. The molecule has 0 spiro atoms. The molecule has 0 saturated heterocycles. The van der Waals surface area contributed by atoms with E-state index in [9.17, 15) is 23.3 Å². The van der Waals surface area contributed by atoms with Crippen LogP contribution in [0, 0.1) is 10.1 Å². The van der Waals surface area contributed by atoms with E-state index in [2.05, 4.69) is 0 Å². The molecular formula is C10H9NO6S. The average Bonchev–Trinajstić information content (AvgIpc) is 2.29. The summed E-state index contributed by atoms with van der Waals surface area (Å²) in [6.07, 6.45) is 1.58. The van der Waals surface area contributed by atoms with E-state index >= 15 is 0 Å². The third-order valence-electron chi connectivity index (χ3n) is 2.17. The summed E-state index contributed by atoms with van der Waals surface area (Å²) in [5.74, 6) is 0. The van der Waals surface area contributed by atoms with Crippen molar-refractivity contribution in [2.45, 2.75) is 4.90 Å². The zero-order valence-electron chi connectivity index (χ0n) is 9.23. The van der Waals surface area contributed by atoms with Crippen molar-refractivity contribution in [1.82, 2.24) is 0 Å². The number of carbonyl (C=O) groups is 1. The van der Waals surface area contributed by atoms with Crippen molar-refractivity contribution in [2.24, 2.45) is 0 Å². The molecular weight excluding hydrogens is 262 g/mol. The smallest absolute Gasteiger partial charge is 0.278 e. The van der Waals surface area contributed by atoms with Crippen LogP contribution in [0.25, 0.3) is 5.57 Å². The summed E-state index contributed by atoms with van der Waals surface area (Å²) in [6, 6.07) is 3.08. The van der Waals surface area contributed by atoms with E-state index in [0.717, 1.165) is 24.5 Å². The molecule has 0 aliphatic heterocycles. The summed E-state index contributed by atoms with van der Waals surface area (Å²) in [6.45, 7) is 0. The fourth-order valence-electron chi connectivity index (χ4n) is 1.30. The number of aliphatic hydroxyl groups is 1. The monoisotopic (exact) mass is 271 g/mol. The predicted octanol–water partition coefficient (Wildman–Crippen LogP) is 1.10. The molecule has 0 fully saturated rings. The van der Waals surface area contributed by atoms with E-state index in [-0.39, 0.29) is 22.3 Å². The van der Waals surface area contributed by atoms with Crippen LogP contribution in [0.5, 0.6) is 0 Å². The van der Waals surface area contributed by atoms with E-state index in [1.54, 1.807) is 0 Å². The Kier molecular flexibility index (Phi) is 3.82. The fraction of sp³-hybridized carbons (Fsp3) is 0.100. The van der Waals surface area contributed by atoms with Gasteiger partial charge in [0.1, 0.15) is 0 Å². The number of aliphatic hydroxyl groups excluding tert-OH is 1. The molecule has 7 nitrogen and oxygen atoms in total. The molecule has 0 amide bonds. The Morgan fingerprint density at radius 2 is 2.06 bits per heavy atom. The van der Waals surface area contributed by atoms with Gasteiger partial charge in [-0.25, -0.2) is 8.42 Å². The van der Waals surface area contributed by atoms with Gasteiger partial charge in [0, 0.05) is 12.3 Å². The van der Waals surface area contributed by atoms with Gasteiger partial charge in [-0.3, -0.25) is 14.9 Å². The van der Waals surface area contributed by atoms with Crippen LogP contribution in [0.3, 0.4) is 0 Å². The SMILES string of the molecule is CS(=O)(=O)c1ccc(/C(C=O)=C/O)c([N+](=O)[O-])c1. The molecule has 0 heterocycles. The van der Waals surface area contributed by atoms with Gasteiger partial charge in [-0.2, -0.15) is 0 Å². The van der Waals surface area contributed by atoms with Crippen LogP contribution in [0.15, 0.2) is 29.4 Å². The van der Waals surface area contributed by atoms with Gasteiger partial charge in [-0.05, 0) is 12.1 Å². The number of carbonyl (C=O) groups excluding carboxylic acids is 1. The molecule has 0 aliphatic rings. The second-order valence-electron chi connectivity index (χ2n) is 3.41. The van der Waals surface area contributed by atoms with Gasteiger partial charge in [0.05, 0.1) is 27.2 Å². The van der Waals surface area contributed by atoms with E-state index in [1.807, 2.05) is 0 Å². The summed E-state index contributed by atoms with van der Waals surface area (Å²) in [7, 11) is -3.59. The summed E-state index contributed by atoms with van der Waals surface area (Å²) >= 11 is 0. The molecule has 8 heteroatoms. The molecule has 0 atom stereocenters. The summed E-state index contributed by atoms with van der Waals surface area (Å²) in [5.41, 5.74) is -1.02. The molecule has 1 aromatic carbocycles. The largest absolute Gasteiger partial charge is 0.515 e. The van der Waals surface area contributed by atoms with Gasteiger partial charge in [-0.1, -0.05) is 0 Å². The molecule has 1 aromatic rings. The highest BCUT2D eigenvalue weighted by Gasteiger charge is 2.20. The molecule has 0 aliphatic carbocycles. The van der Waals surface area contributed by atoms with Crippen LogP contribution in [0.4, 0.5) is 5.69 Å². The number of rotatable bonds is 4. The minimum atomic E-state index is -3.59. The van der Waals surface area contributed by atoms with Crippen molar-refractivity contribution >= 4 is 27.4 Å². The molecule has 0 aromatic heterocycles. The van der Waals surface area contributed by atoms with E-state index in [4.69, 9.17) is 5.11 Å². The normalized spacial score (nSPS) is 12.2. The number of allylic oxidation sites excluding steroid dienone is 1. The van der Waals surface area contributed by atoms with E-state index in [0.29, 0.717) is 6.26 Å². The third kappa shape index (κ3) is 2.72. The Morgan fingerprint density at radius 3 is 2.44 bits per heavy atom. The summed E-state index contributed by atoms with van der Waals surface area (Å²) in [4.78, 5) is 20.4. The van der Waals surface area contributed by atoms with Crippen LogP contribution in [0.2, 0.25) is 0 Å². The van der Waals surface area contributed by atoms with Crippen molar-refractivity contribution in [1.29, 1.82) is 0 Å². The van der Waals surface area contributed by atoms with Crippen LogP contribution in [0.1, 0.15) is 5.56 Å². The number of hydrogen-bond donors (Lipinski definition) is 1. The molecule has 0 radical (unpaired) electrons. The van der Waals surface area contributed by atoms with Gasteiger partial charge < -0.3 is 5.11 Å². The predicted molar refractivity (Wildman–Crippen MR) is 62.9 cm³/mol. The van der Waals surface area contributed by atoms with Gasteiger partial charge >= 0.3 is 0 Å². The number of sulfone groups is 1. The molecule has 1 rings (SSSR count). The first-order valence-electron chi connectivity index (χ1n) is 4.59. The lowest BCUT2D eigenvalue weighted by molar-refractivity contribution is -0.385. The lowest BCUT2D eigenvalue weighted by atomic mass is 10.1. The average molecular weight is 271 g/mol. The standard InChI is InChI=1S/C10H9NO6S/c1-18(16,17)8-2-3-9(7(5-12)6-13)10(4-8)11(14)15/h2-6,12H,1H3/b7-5+. The minimum Gasteiger partial charge on any atom is -0.515 e. The maximum Gasteiger partial charge on any atom is 0.278 e. The maximum atomic E-state index is 11.3. The Balaban J connectivity index is 3.58. The van der Waals surface area contributed by atoms with E-state index < -0.39 is 20.4 Å². The molecule has 18 heavy (non-hydrogen) atoms. The number of nitro benzene ring substituents is 1. The quantitative estimate of drug-likeness (QED) is 0.288. The number of hydrogen-bond acceptors (Lipinski definition) is 6. The zero-order valence-corrected chi connectivity index (χ0v) is 10.0.